The molecule has 208 valence electrons. The summed E-state index contributed by atoms with van der Waals surface area (Å²) in [4.78, 5) is 42.8. The average Bonchev–Trinajstić information content (AvgIpc) is 3.00. The third-order valence-corrected chi connectivity index (χ3v) is 8.31. The molecule has 2 aromatic rings. The number of nitrogens with zero attached hydrogens (tertiary/aromatic N) is 2. The number of anilines is 1. The van der Waals surface area contributed by atoms with Crippen molar-refractivity contribution in [1.82, 2.24) is 4.90 Å². The van der Waals surface area contributed by atoms with Gasteiger partial charge in [0.25, 0.3) is 5.91 Å². The van der Waals surface area contributed by atoms with E-state index in [1.165, 1.54) is 0 Å². The smallest absolute Gasteiger partial charge is 0.308 e. The maximum Gasteiger partial charge on any atom is 0.308 e. The predicted molar refractivity (Wildman–Crippen MR) is 147 cm³/mol. The molecule has 0 bridgehead atoms. The number of aliphatic carboxylic acids is 1. The number of halogens is 1. The van der Waals surface area contributed by atoms with Gasteiger partial charge in [0.15, 0.2) is 0 Å². The molecular formula is C30H35ClN2O6. The highest BCUT2D eigenvalue weighted by molar-refractivity contribution is 6.31. The number of aryl methyl sites for hydroxylation is 1. The Kier molecular flexibility index (Phi) is 7.37. The van der Waals surface area contributed by atoms with Crippen molar-refractivity contribution >= 4 is 35.1 Å². The topological polar surface area (TPSA) is 96.4 Å². The molecule has 0 radical (unpaired) electrons. The number of carbonyl (C=O) groups excluding carboxylic acids is 2. The summed E-state index contributed by atoms with van der Waals surface area (Å²) in [6.45, 7) is 9.05. The predicted octanol–water partition coefficient (Wildman–Crippen LogP) is 4.99. The first kappa shape index (κ1) is 27.5. The molecule has 3 aliphatic rings. The molecule has 9 heteroatoms. The van der Waals surface area contributed by atoms with Crippen LogP contribution in [0.15, 0.2) is 36.4 Å². The summed E-state index contributed by atoms with van der Waals surface area (Å²) in [5.74, 6) is -1.51. The maximum atomic E-state index is 14.4. The summed E-state index contributed by atoms with van der Waals surface area (Å²) >= 11 is 6.66. The number of likely N-dealkylation sites (tertiary alicyclic amines) is 1. The molecule has 2 amide bonds. The maximum absolute atomic E-state index is 14.4. The first-order valence-electron chi connectivity index (χ1n) is 13.5. The van der Waals surface area contributed by atoms with Gasteiger partial charge in [-0.1, -0.05) is 56.6 Å². The molecule has 8 nitrogen and oxygen atoms in total. The van der Waals surface area contributed by atoms with E-state index in [-0.39, 0.29) is 36.2 Å². The fourth-order valence-corrected chi connectivity index (χ4v) is 6.08. The second-order valence-electron chi connectivity index (χ2n) is 11.8. The summed E-state index contributed by atoms with van der Waals surface area (Å²) in [7, 11) is 0. The first-order valence-corrected chi connectivity index (χ1v) is 13.8. The molecule has 1 saturated heterocycles. The number of benzene rings is 2. The number of hydrogen-bond acceptors (Lipinski definition) is 5. The Labute approximate surface area is 233 Å². The van der Waals surface area contributed by atoms with Crippen molar-refractivity contribution in [2.75, 3.05) is 24.6 Å². The minimum atomic E-state index is -1.09. The number of rotatable bonds is 4. The van der Waals surface area contributed by atoms with Gasteiger partial charge in [-0.15, -0.1) is 0 Å². The van der Waals surface area contributed by atoms with Crippen molar-refractivity contribution in [3.05, 3.63) is 58.1 Å². The highest BCUT2D eigenvalue weighted by Crippen LogP contribution is 2.49. The van der Waals surface area contributed by atoms with E-state index in [1.54, 1.807) is 15.9 Å². The average molecular weight is 555 g/mol. The van der Waals surface area contributed by atoms with Crippen LogP contribution >= 0.6 is 11.6 Å². The SMILES string of the molecule is Cc1cc2c3c(c1)[C@@H](c1ccccc1Cl)O[C@H](CC(=O)N1CCCC(C(=O)O)C1)C(=O)N3[C@H](C(C)(C)C)CO2. The van der Waals surface area contributed by atoms with Gasteiger partial charge < -0.3 is 19.5 Å². The summed E-state index contributed by atoms with van der Waals surface area (Å²) in [6, 6.07) is 11.0. The zero-order valence-electron chi connectivity index (χ0n) is 22.8. The summed E-state index contributed by atoms with van der Waals surface area (Å²) < 4.78 is 12.8. The van der Waals surface area contributed by atoms with Gasteiger partial charge >= 0.3 is 5.97 Å². The Hall–Kier alpha value is -3.10. The molecule has 3 aliphatic heterocycles. The van der Waals surface area contributed by atoms with Crippen LogP contribution in [-0.2, 0) is 19.1 Å². The van der Waals surface area contributed by atoms with E-state index >= 15 is 0 Å². The van der Waals surface area contributed by atoms with Gasteiger partial charge in [0.2, 0.25) is 5.91 Å². The van der Waals surface area contributed by atoms with E-state index < -0.39 is 24.1 Å². The van der Waals surface area contributed by atoms with Crippen LogP contribution in [0.25, 0.3) is 0 Å². The van der Waals surface area contributed by atoms with E-state index in [4.69, 9.17) is 21.1 Å². The van der Waals surface area contributed by atoms with E-state index in [1.807, 2.05) is 37.3 Å². The number of ether oxygens (including phenoxy) is 2. The highest BCUT2D eigenvalue weighted by Gasteiger charge is 2.48. The normalized spacial score (nSPS) is 25.0. The zero-order valence-corrected chi connectivity index (χ0v) is 23.5. The van der Waals surface area contributed by atoms with Crippen LogP contribution in [-0.4, -0.2) is 59.6 Å². The summed E-state index contributed by atoms with van der Waals surface area (Å²) in [5, 5.41) is 10.00. The number of carbonyl (C=O) groups is 3. The van der Waals surface area contributed by atoms with Crippen LogP contribution in [0, 0.1) is 18.3 Å². The second-order valence-corrected chi connectivity index (χ2v) is 12.3. The molecule has 1 unspecified atom stereocenters. The fourth-order valence-electron chi connectivity index (χ4n) is 5.85. The molecule has 4 atom stereocenters. The van der Waals surface area contributed by atoms with Gasteiger partial charge in [-0.05, 0) is 42.9 Å². The van der Waals surface area contributed by atoms with Crippen molar-refractivity contribution in [1.29, 1.82) is 0 Å². The van der Waals surface area contributed by atoms with Crippen LogP contribution in [0.1, 0.15) is 62.8 Å². The lowest BCUT2D eigenvalue weighted by Crippen LogP contribution is -2.56. The van der Waals surface area contributed by atoms with Crippen LogP contribution in [0.5, 0.6) is 5.75 Å². The molecule has 0 spiro atoms. The number of hydrogen-bond donors (Lipinski definition) is 1. The van der Waals surface area contributed by atoms with Gasteiger partial charge in [-0.25, -0.2) is 0 Å². The Morgan fingerprint density at radius 3 is 2.59 bits per heavy atom. The highest BCUT2D eigenvalue weighted by atomic mass is 35.5. The third-order valence-electron chi connectivity index (χ3n) is 7.96. The lowest BCUT2D eigenvalue weighted by molar-refractivity contribution is -0.149. The number of carboxylic acids is 1. The quantitative estimate of drug-likeness (QED) is 0.572. The van der Waals surface area contributed by atoms with Crippen molar-refractivity contribution < 1.29 is 29.0 Å². The van der Waals surface area contributed by atoms with Gasteiger partial charge in [0, 0.05) is 29.2 Å². The molecule has 0 saturated carbocycles. The molecule has 3 heterocycles. The van der Waals surface area contributed by atoms with Gasteiger partial charge in [0.1, 0.15) is 24.6 Å². The van der Waals surface area contributed by atoms with E-state index in [9.17, 15) is 19.5 Å². The Morgan fingerprint density at radius 2 is 1.90 bits per heavy atom. The Morgan fingerprint density at radius 1 is 1.15 bits per heavy atom. The molecule has 2 aromatic carbocycles. The van der Waals surface area contributed by atoms with E-state index in [0.717, 1.165) is 11.1 Å². The van der Waals surface area contributed by atoms with Crippen LogP contribution < -0.4 is 9.64 Å². The number of carboxylic acid groups (broad SMARTS) is 1. The molecule has 0 aromatic heterocycles. The second kappa shape index (κ2) is 10.5. The minimum absolute atomic E-state index is 0.134. The lowest BCUT2D eigenvalue weighted by Gasteiger charge is -2.44. The Balaban J connectivity index is 1.60. The minimum Gasteiger partial charge on any atom is -0.489 e. The van der Waals surface area contributed by atoms with Crippen molar-refractivity contribution in [3.8, 4) is 5.75 Å². The largest absolute Gasteiger partial charge is 0.489 e. The van der Waals surface area contributed by atoms with Crippen LogP contribution in [0.3, 0.4) is 0 Å². The van der Waals surface area contributed by atoms with Crippen LogP contribution in [0.4, 0.5) is 5.69 Å². The van der Waals surface area contributed by atoms with Gasteiger partial charge in [0.05, 0.1) is 24.1 Å². The number of piperidine rings is 1. The first-order chi connectivity index (χ1) is 18.5. The van der Waals surface area contributed by atoms with Crippen molar-refractivity contribution in [3.63, 3.8) is 0 Å². The van der Waals surface area contributed by atoms with Crippen molar-refractivity contribution in [2.45, 2.75) is 65.2 Å². The molecule has 1 N–H and O–H groups in total. The number of amides is 2. The lowest BCUT2D eigenvalue weighted by atomic mass is 9.84. The monoisotopic (exact) mass is 554 g/mol. The molecule has 1 fully saturated rings. The Bertz CT molecular complexity index is 1300. The summed E-state index contributed by atoms with van der Waals surface area (Å²) in [6.07, 6.45) is -0.858. The fraction of sp³-hybridized carbons (Fsp3) is 0.500. The molecule has 0 aliphatic carbocycles. The molecule has 39 heavy (non-hydrogen) atoms. The van der Waals surface area contributed by atoms with Gasteiger partial charge in [-0.2, -0.15) is 0 Å². The van der Waals surface area contributed by atoms with E-state index in [2.05, 4.69) is 20.8 Å². The third kappa shape index (κ3) is 5.24. The standard InChI is InChI=1S/C30H35ClN2O6/c1-17-12-20-26-22(13-17)38-16-24(30(2,3)4)33(26)28(35)23(39-27(20)19-9-5-6-10-21(19)31)14-25(34)32-11-7-8-18(15-32)29(36)37/h5-6,9-10,12-13,18,23-24,27H,7-8,11,14-16H2,1-4H3,(H,36,37)/t18?,23-,24+,27-/m1/s1. The molecular weight excluding hydrogens is 520 g/mol. The van der Waals surface area contributed by atoms with Gasteiger partial charge in [-0.3, -0.25) is 19.3 Å². The summed E-state index contributed by atoms with van der Waals surface area (Å²) in [5.41, 5.74) is 2.74. The van der Waals surface area contributed by atoms with Crippen molar-refractivity contribution in [2.24, 2.45) is 11.3 Å². The zero-order chi connectivity index (χ0) is 28.1. The van der Waals surface area contributed by atoms with Crippen LogP contribution in [0.2, 0.25) is 5.02 Å². The van der Waals surface area contributed by atoms with E-state index in [0.29, 0.717) is 48.0 Å². The molecule has 5 rings (SSSR count).